The van der Waals surface area contributed by atoms with Crippen LogP contribution in [0.15, 0.2) is 23.1 Å². The highest BCUT2D eigenvalue weighted by Crippen LogP contribution is 2.36. The lowest BCUT2D eigenvalue weighted by Crippen LogP contribution is -2.44. The molecule has 0 saturated heterocycles. The first-order valence-electron chi connectivity index (χ1n) is 7.71. The summed E-state index contributed by atoms with van der Waals surface area (Å²) in [6.07, 6.45) is 6.64. The van der Waals surface area contributed by atoms with Crippen LogP contribution >= 0.6 is 11.8 Å². The molecule has 1 atom stereocenters. The second kappa shape index (κ2) is 6.69. The minimum absolute atomic E-state index is 0.0828. The molecule has 2 N–H and O–H groups in total. The highest BCUT2D eigenvalue weighted by atomic mass is 32.2. The molecule has 1 aliphatic carbocycles. The Hall–Kier alpha value is -1.23. The van der Waals surface area contributed by atoms with E-state index in [0.717, 1.165) is 35.5 Å². The van der Waals surface area contributed by atoms with Crippen molar-refractivity contribution >= 4 is 17.8 Å². The normalized spacial score (nSPS) is 22.4. The number of benzene rings is 1. The van der Waals surface area contributed by atoms with Gasteiger partial charge in [-0.2, -0.15) is 0 Å². The zero-order valence-corrected chi connectivity index (χ0v) is 12.8. The molecular formula is C16H21FN2OS. The van der Waals surface area contributed by atoms with E-state index in [2.05, 4.69) is 10.6 Å². The van der Waals surface area contributed by atoms with Crippen molar-refractivity contribution in [3.8, 4) is 0 Å². The van der Waals surface area contributed by atoms with E-state index in [-0.39, 0.29) is 17.9 Å². The molecule has 21 heavy (non-hydrogen) atoms. The molecule has 3 nitrogen and oxygen atoms in total. The number of thioether (sulfide) groups is 1. The number of carbonyl (C=O) groups is 1. The summed E-state index contributed by atoms with van der Waals surface area (Å²) in [5.74, 6) is 0.711. The molecule has 0 spiro atoms. The maximum Gasteiger partial charge on any atom is 0.315 e. The molecule has 1 unspecified atom stereocenters. The molecule has 1 fully saturated rings. The van der Waals surface area contributed by atoms with Gasteiger partial charge in [0.05, 0.1) is 6.04 Å². The van der Waals surface area contributed by atoms with Crippen LogP contribution in [0.2, 0.25) is 0 Å². The molecular weight excluding hydrogens is 287 g/mol. The van der Waals surface area contributed by atoms with Gasteiger partial charge in [0.1, 0.15) is 5.82 Å². The Morgan fingerprint density at radius 3 is 2.76 bits per heavy atom. The van der Waals surface area contributed by atoms with Gasteiger partial charge in [0.25, 0.3) is 0 Å². The predicted octanol–water partition coefficient (Wildman–Crippen LogP) is 3.99. The van der Waals surface area contributed by atoms with Crippen LogP contribution in [0.4, 0.5) is 9.18 Å². The van der Waals surface area contributed by atoms with Crippen LogP contribution in [-0.2, 0) is 0 Å². The quantitative estimate of drug-likeness (QED) is 0.867. The predicted molar refractivity (Wildman–Crippen MR) is 83.0 cm³/mol. The van der Waals surface area contributed by atoms with E-state index < -0.39 is 0 Å². The number of carbonyl (C=O) groups excluding carboxylic acids is 1. The fourth-order valence-corrected chi connectivity index (χ4v) is 4.25. The maximum atomic E-state index is 13.4. The molecule has 3 rings (SSSR count). The van der Waals surface area contributed by atoms with Crippen LogP contribution in [0.25, 0.3) is 0 Å². The third-order valence-corrected chi connectivity index (χ3v) is 5.38. The first-order valence-corrected chi connectivity index (χ1v) is 8.70. The lowest BCUT2D eigenvalue weighted by molar-refractivity contribution is 0.228. The van der Waals surface area contributed by atoms with Crippen molar-refractivity contribution in [3.05, 3.63) is 29.6 Å². The fourth-order valence-electron chi connectivity index (χ4n) is 3.15. The number of amides is 2. The summed E-state index contributed by atoms with van der Waals surface area (Å²) in [5, 5.41) is 6.08. The number of rotatable bonds is 2. The second-order valence-electron chi connectivity index (χ2n) is 5.82. The van der Waals surface area contributed by atoms with Crippen LogP contribution in [-0.4, -0.2) is 17.8 Å². The molecule has 0 aromatic heterocycles. The van der Waals surface area contributed by atoms with Crippen molar-refractivity contribution in [2.24, 2.45) is 0 Å². The third kappa shape index (κ3) is 3.70. The minimum Gasteiger partial charge on any atom is -0.335 e. The number of hydrogen-bond donors (Lipinski definition) is 2. The summed E-state index contributed by atoms with van der Waals surface area (Å²) >= 11 is 1.73. The molecule has 1 heterocycles. The number of urea groups is 1. The van der Waals surface area contributed by atoms with Crippen molar-refractivity contribution in [2.45, 2.75) is 55.5 Å². The van der Waals surface area contributed by atoms with Crippen molar-refractivity contribution in [1.82, 2.24) is 10.6 Å². The molecule has 0 radical (unpaired) electrons. The van der Waals surface area contributed by atoms with Gasteiger partial charge in [0, 0.05) is 16.7 Å². The summed E-state index contributed by atoms with van der Waals surface area (Å²) in [5.41, 5.74) is 0.907. The number of halogens is 1. The second-order valence-corrected chi connectivity index (χ2v) is 6.96. The Balaban J connectivity index is 1.63. The van der Waals surface area contributed by atoms with Crippen molar-refractivity contribution < 1.29 is 9.18 Å². The highest BCUT2D eigenvalue weighted by Gasteiger charge is 2.24. The third-order valence-electron chi connectivity index (χ3n) is 4.26. The lowest BCUT2D eigenvalue weighted by Gasteiger charge is -2.28. The van der Waals surface area contributed by atoms with Gasteiger partial charge < -0.3 is 10.6 Å². The smallest absolute Gasteiger partial charge is 0.315 e. The molecule has 2 amide bonds. The van der Waals surface area contributed by atoms with Gasteiger partial charge in [-0.15, -0.1) is 11.8 Å². The zero-order valence-electron chi connectivity index (χ0n) is 12.0. The molecule has 1 saturated carbocycles. The van der Waals surface area contributed by atoms with Gasteiger partial charge in [-0.05, 0) is 43.0 Å². The molecule has 2 aliphatic rings. The van der Waals surface area contributed by atoms with Crippen LogP contribution in [0.1, 0.15) is 50.1 Å². The van der Waals surface area contributed by atoms with Crippen LogP contribution in [0.5, 0.6) is 0 Å². The van der Waals surface area contributed by atoms with E-state index in [1.54, 1.807) is 17.8 Å². The number of fused-ring (bicyclic) bond motifs is 1. The standard InChI is InChI=1S/C16H21FN2OS/c17-11-6-7-15-13(10-11)14(8-9-21-15)19-16(20)18-12-4-2-1-3-5-12/h6-7,10,12,14H,1-5,8-9H2,(H2,18,19,20). The number of hydrogen-bond acceptors (Lipinski definition) is 2. The van der Waals surface area contributed by atoms with Gasteiger partial charge in [0.2, 0.25) is 0 Å². The van der Waals surface area contributed by atoms with Crippen molar-refractivity contribution in [1.29, 1.82) is 0 Å². The van der Waals surface area contributed by atoms with E-state index >= 15 is 0 Å². The Kier molecular flexibility index (Phi) is 4.68. The molecule has 1 aliphatic heterocycles. The van der Waals surface area contributed by atoms with Crippen LogP contribution in [0.3, 0.4) is 0 Å². The van der Waals surface area contributed by atoms with Crippen LogP contribution < -0.4 is 10.6 Å². The Labute approximate surface area is 129 Å². The van der Waals surface area contributed by atoms with Gasteiger partial charge in [-0.25, -0.2) is 9.18 Å². The topological polar surface area (TPSA) is 41.1 Å². The fraction of sp³-hybridized carbons (Fsp3) is 0.562. The first-order chi connectivity index (χ1) is 10.2. The van der Waals surface area contributed by atoms with E-state index in [4.69, 9.17) is 0 Å². The van der Waals surface area contributed by atoms with Crippen LogP contribution in [0, 0.1) is 5.82 Å². The molecule has 5 heteroatoms. The average molecular weight is 308 g/mol. The Morgan fingerprint density at radius 2 is 1.95 bits per heavy atom. The molecule has 1 aromatic carbocycles. The lowest BCUT2D eigenvalue weighted by atomic mass is 9.96. The summed E-state index contributed by atoms with van der Waals surface area (Å²) in [4.78, 5) is 13.2. The largest absolute Gasteiger partial charge is 0.335 e. The maximum absolute atomic E-state index is 13.4. The van der Waals surface area contributed by atoms with Crippen molar-refractivity contribution in [3.63, 3.8) is 0 Å². The molecule has 0 bridgehead atoms. The molecule has 1 aromatic rings. The molecule has 114 valence electrons. The highest BCUT2D eigenvalue weighted by molar-refractivity contribution is 7.99. The first kappa shape index (κ1) is 14.7. The summed E-state index contributed by atoms with van der Waals surface area (Å²) in [7, 11) is 0. The summed E-state index contributed by atoms with van der Waals surface area (Å²) in [6.45, 7) is 0. The Bertz CT molecular complexity index is 517. The number of nitrogens with one attached hydrogen (secondary N) is 2. The van der Waals surface area contributed by atoms with E-state index in [1.807, 2.05) is 6.07 Å². The van der Waals surface area contributed by atoms with Gasteiger partial charge in [0.15, 0.2) is 0 Å². The van der Waals surface area contributed by atoms with Gasteiger partial charge in [-0.1, -0.05) is 19.3 Å². The van der Waals surface area contributed by atoms with Gasteiger partial charge >= 0.3 is 6.03 Å². The van der Waals surface area contributed by atoms with Gasteiger partial charge in [-0.3, -0.25) is 0 Å². The average Bonchev–Trinajstić information content (AvgIpc) is 2.49. The SMILES string of the molecule is O=C(NC1CCCCC1)NC1CCSc2ccc(F)cc21. The van der Waals surface area contributed by atoms with Crippen molar-refractivity contribution in [2.75, 3.05) is 5.75 Å². The Morgan fingerprint density at radius 1 is 1.14 bits per heavy atom. The monoisotopic (exact) mass is 308 g/mol. The van der Waals surface area contributed by atoms with E-state index in [1.165, 1.54) is 25.3 Å². The zero-order chi connectivity index (χ0) is 14.7. The summed E-state index contributed by atoms with van der Waals surface area (Å²) in [6, 6.07) is 4.93. The minimum atomic E-state index is -0.240. The van der Waals surface area contributed by atoms with E-state index in [0.29, 0.717) is 6.04 Å². The van der Waals surface area contributed by atoms with E-state index in [9.17, 15) is 9.18 Å². The summed E-state index contributed by atoms with van der Waals surface area (Å²) < 4.78 is 13.4.